The Morgan fingerprint density at radius 1 is 1.13 bits per heavy atom. The van der Waals surface area contributed by atoms with Gasteiger partial charge < -0.3 is 10.1 Å². The van der Waals surface area contributed by atoms with Gasteiger partial charge in [-0.2, -0.15) is 0 Å². The Bertz CT molecular complexity index is 691. The van der Waals surface area contributed by atoms with Crippen LogP contribution in [0.15, 0.2) is 47.3 Å². The van der Waals surface area contributed by atoms with Crippen LogP contribution >= 0.6 is 0 Å². The van der Waals surface area contributed by atoms with E-state index in [9.17, 15) is 4.79 Å². The highest BCUT2D eigenvalue weighted by Crippen LogP contribution is 2.35. The van der Waals surface area contributed by atoms with Gasteiger partial charge in [0.15, 0.2) is 0 Å². The Kier molecular flexibility index (Phi) is 3.58. The largest absolute Gasteiger partial charge is 0.497 e. The van der Waals surface area contributed by atoms with Crippen LogP contribution in [-0.2, 0) is 4.79 Å². The van der Waals surface area contributed by atoms with E-state index in [2.05, 4.69) is 10.7 Å². The highest BCUT2D eigenvalue weighted by atomic mass is 16.5. The average molecular weight is 311 g/mol. The second-order valence-corrected chi connectivity index (χ2v) is 6.21. The lowest BCUT2D eigenvalue weighted by molar-refractivity contribution is -0.114. The van der Waals surface area contributed by atoms with Gasteiger partial charge in [-0.25, -0.2) is 10.4 Å². The minimum Gasteiger partial charge on any atom is -0.497 e. The van der Waals surface area contributed by atoms with Crippen molar-refractivity contribution in [2.24, 2.45) is 0 Å². The van der Waals surface area contributed by atoms with Gasteiger partial charge in [0.05, 0.1) is 24.4 Å². The summed E-state index contributed by atoms with van der Waals surface area (Å²) in [5.74, 6) is 0.802. The van der Waals surface area contributed by atoms with Crippen molar-refractivity contribution in [1.29, 1.82) is 0 Å². The fourth-order valence-corrected chi connectivity index (χ4v) is 3.60. The molecule has 2 aliphatic heterocycles. The van der Waals surface area contributed by atoms with Crippen molar-refractivity contribution in [2.45, 2.75) is 38.1 Å². The summed E-state index contributed by atoms with van der Waals surface area (Å²) in [6.07, 6.45) is 7.69. The summed E-state index contributed by atoms with van der Waals surface area (Å²) in [5.41, 5.74) is 7.69. The first-order valence-corrected chi connectivity index (χ1v) is 8.21. The van der Waals surface area contributed by atoms with Crippen LogP contribution in [0.3, 0.4) is 0 Å². The third-order valence-electron chi connectivity index (χ3n) is 4.86. The van der Waals surface area contributed by atoms with Gasteiger partial charge in [-0.05, 0) is 55.5 Å². The van der Waals surface area contributed by atoms with Gasteiger partial charge in [-0.15, -0.1) is 0 Å². The van der Waals surface area contributed by atoms with Crippen LogP contribution in [0.1, 0.15) is 32.1 Å². The van der Waals surface area contributed by atoms with Crippen molar-refractivity contribution in [3.63, 3.8) is 0 Å². The molecule has 5 nitrogen and oxygen atoms in total. The van der Waals surface area contributed by atoms with Crippen molar-refractivity contribution in [3.8, 4) is 5.75 Å². The molecule has 2 heterocycles. The summed E-state index contributed by atoms with van der Waals surface area (Å²) in [7, 11) is 1.64. The number of ether oxygens (including phenoxy) is 1. The van der Waals surface area contributed by atoms with Gasteiger partial charge in [0, 0.05) is 11.9 Å². The minimum atomic E-state index is 0.0129. The second-order valence-electron chi connectivity index (χ2n) is 6.21. The maximum Gasteiger partial charge on any atom is 0.272 e. The normalized spacial score (nSPS) is 23.7. The van der Waals surface area contributed by atoms with E-state index in [-0.39, 0.29) is 11.9 Å². The number of benzene rings is 1. The summed E-state index contributed by atoms with van der Waals surface area (Å²) in [5, 5.41) is 5.01. The van der Waals surface area contributed by atoms with Crippen LogP contribution in [0.5, 0.6) is 5.75 Å². The molecule has 0 radical (unpaired) electrons. The van der Waals surface area contributed by atoms with Crippen LogP contribution in [0.25, 0.3) is 0 Å². The molecule has 1 atom stereocenters. The number of methoxy groups -OCH3 is 1. The molecule has 0 bridgehead atoms. The SMILES string of the molecule is COc1ccc(N2NC3C(=CNC4=C3CCCCC4)C2=O)cc1. The average Bonchev–Trinajstić information content (AvgIpc) is 2.77. The van der Waals surface area contributed by atoms with E-state index in [1.165, 1.54) is 30.5 Å². The highest BCUT2D eigenvalue weighted by molar-refractivity contribution is 6.09. The molecule has 4 rings (SSSR count). The van der Waals surface area contributed by atoms with Crippen LogP contribution in [0.4, 0.5) is 5.69 Å². The number of hydrazine groups is 1. The predicted molar refractivity (Wildman–Crippen MR) is 88.7 cm³/mol. The Hall–Kier alpha value is -2.27. The molecule has 3 aliphatic rings. The van der Waals surface area contributed by atoms with Crippen molar-refractivity contribution in [2.75, 3.05) is 12.1 Å². The lowest BCUT2D eigenvalue weighted by atomic mass is 9.93. The van der Waals surface area contributed by atoms with Gasteiger partial charge in [0.2, 0.25) is 0 Å². The monoisotopic (exact) mass is 311 g/mol. The molecule has 1 amide bonds. The first kappa shape index (κ1) is 14.3. The van der Waals surface area contributed by atoms with E-state index < -0.39 is 0 Å². The van der Waals surface area contributed by atoms with Crippen molar-refractivity contribution >= 4 is 11.6 Å². The van der Waals surface area contributed by atoms with Crippen molar-refractivity contribution in [1.82, 2.24) is 10.7 Å². The minimum absolute atomic E-state index is 0.0129. The maximum atomic E-state index is 12.8. The van der Waals surface area contributed by atoms with E-state index in [1.807, 2.05) is 30.5 Å². The topological polar surface area (TPSA) is 53.6 Å². The smallest absolute Gasteiger partial charge is 0.272 e. The highest BCUT2D eigenvalue weighted by Gasteiger charge is 2.40. The number of allylic oxidation sites excluding steroid dienone is 1. The quantitative estimate of drug-likeness (QED) is 0.881. The molecule has 0 aromatic heterocycles. The van der Waals surface area contributed by atoms with Crippen molar-refractivity contribution in [3.05, 3.63) is 47.3 Å². The zero-order valence-corrected chi connectivity index (χ0v) is 13.3. The number of nitrogens with zero attached hydrogens (tertiary/aromatic N) is 1. The molecule has 1 aromatic carbocycles. The molecule has 23 heavy (non-hydrogen) atoms. The van der Waals surface area contributed by atoms with E-state index in [1.54, 1.807) is 12.1 Å². The summed E-state index contributed by atoms with van der Waals surface area (Å²) >= 11 is 0. The molecule has 0 spiro atoms. The van der Waals surface area contributed by atoms with Gasteiger partial charge in [0.1, 0.15) is 5.75 Å². The number of dihydropyridines is 1. The zero-order chi connectivity index (χ0) is 15.8. The third kappa shape index (κ3) is 2.41. The number of fused-ring (bicyclic) bond motifs is 2. The molecule has 1 fully saturated rings. The number of carbonyl (C=O) groups excluding carboxylic acids is 1. The molecular formula is C18H21N3O2. The lowest BCUT2D eigenvalue weighted by Crippen LogP contribution is -2.39. The van der Waals surface area contributed by atoms with Crippen molar-refractivity contribution < 1.29 is 9.53 Å². The number of rotatable bonds is 2. The van der Waals surface area contributed by atoms with Crippen LogP contribution < -0.4 is 20.5 Å². The Labute approximate surface area is 136 Å². The number of carbonyl (C=O) groups is 1. The Balaban J connectivity index is 1.63. The first-order valence-electron chi connectivity index (χ1n) is 8.21. The molecule has 1 unspecified atom stereocenters. The third-order valence-corrected chi connectivity index (χ3v) is 4.86. The molecular weight excluding hydrogens is 290 g/mol. The second kappa shape index (κ2) is 5.74. The Morgan fingerprint density at radius 2 is 1.91 bits per heavy atom. The summed E-state index contributed by atoms with van der Waals surface area (Å²) in [6.45, 7) is 0. The van der Waals surface area contributed by atoms with Gasteiger partial charge >= 0.3 is 0 Å². The number of nitrogens with one attached hydrogen (secondary N) is 2. The number of anilines is 1. The van der Waals surface area contributed by atoms with E-state index >= 15 is 0 Å². The fourth-order valence-electron chi connectivity index (χ4n) is 3.60. The molecule has 5 heteroatoms. The van der Waals surface area contributed by atoms with E-state index in [0.29, 0.717) is 0 Å². The van der Waals surface area contributed by atoms with E-state index in [4.69, 9.17) is 4.74 Å². The fraction of sp³-hybridized carbons (Fsp3) is 0.389. The van der Waals surface area contributed by atoms with Gasteiger partial charge in [0.25, 0.3) is 5.91 Å². The predicted octanol–water partition coefficient (Wildman–Crippen LogP) is 2.62. The molecule has 1 aliphatic carbocycles. The summed E-state index contributed by atoms with van der Waals surface area (Å²) in [6, 6.07) is 7.55. The van der Waals surface area contributed by atoms with Gasteiger partial charge in [-0.1, -0.05) is 6.42 Å². The first-order chi connectivity index (χ1) is 11.3. The number of amides is 1. The zero-order valence-electron chi connectivity index (χ0n) is 13.3. The van der Waals surface area contributed by atoms with Gasteiger partial charge in [-0.3, -0.25) is 4.79 Å². The van der Waals surface area contributed by atoms with Crippen LogP contribution in [0.2, 0.25) is 0 Å². The van der Waals surface area contributed by atoms with Crippen LogP contribution in [-0.4, -0.2) is 19.1 Å². The summed E-state index contributed by atoms with van der Waals surface area (Å²) < 4.78 is 5.19. The van der Waals surface area contributed by atoms with Crippen LogP contribution in [0, 0.1) is 0 Å². The number of hydrogen-bond donors (Lipinski definition) is 2. The molecule has 120 valence electrons. The maximum absolute atomic E-state index is 12.8. The summed E-state index contributed by atoms with van der Waals surface area (Å²) in [4.78, 5) is 12.8. The lowest BCUT2D eigenvalue weighted by Gasteiger charge is -2.24. The molecule has 2 N–H and O–H groups in total. The van der Waals surface area contributed by atoms with E-state index in [0.717, 1.165) is 29.9 Å². The Morgan fingerprint density at radius 3 is 2.70 bits per heavy atom. The standard InChI is InChI=1S/C18H21N3O2/c1-23-13-9-7-12(8-10-13)21-18(22)15-11-19-16-6-4-2-3-5-14(16)17(15)20-21/h7-11,17,19-20H,2-6H2,1H3. The molecule has 0 saturated carbocycles. The molecule has 1 saturated heterocycles. The number of hydrogen-bond acceptors (Lipinski definition) is 4. The molecule has 1 aromatic rings.